The second-order valence-electron chi connectivity index (χ2n) is 9.90. The normalized spacial score (nSPS) is 15.2. The lowest BCUT2D eigenvalue weighted by Crippen LogP contribution is -2.59. The van der Waals surface area contributed by atoms with E-state index in [0.717, 1.165) is 11.1 Å². The molecule has 0 aliphatic carbocycles. The molecule has 1 fully saturated rings. The zero-order valence-electron chi connectivity index (χ0n) is 21.2. The number of benzene rings is 2. The summed E-state index contributed by atoms with van der Waals surface area (Å²) in [6.45, 7) is 4.58. The smallest absolute Gasteiger partial charge is 0.247 e. The number of nitrogens with one attached hydrogen (secondary N) is 2. The molecule has 2 aromatic carbocycles. The number of rotatable bonds is 11. The summed E-state index contributed by atoms with van der Waals surface area (Å²) in [7, 11) is 0. The van der Waals surface area contributed by atoms with E-state index in [4.69, 9.17) is 10.5 Å². The van der Waals surface area contributed by atoms with Gasteiger partial charge in [-0.3, -0.25) is 14.4 Å². The van der Waals surface area contributed by atoms with Crippen LogP contribution in [-0.4, -0.2) is 59.9 Å². The molecule has 2 aromatic rings. The van der Waals surface area contributed by atoms with Crippen molar-refractivity contribution in [1.82, 2.24) is 15.5 Å². The Bertz CT molecular complexity index is 984. The maximum atomic E-state index is 13.3. The van der Waals surface area contributed by atoms with Crippen LogP contribution in [0.15, 0.2) is 60.7 Å². The second kappa shape index (κ2) is 13.2. The van der Waals surface area contributed by atoms with Gasteiger partial charge in [0.25, 0.3) is 0 Å². The average molecular weight is 495 g/mol. The summed E-state index contributed by atoms with van der Waals surface area (Å²) in [6.07, 6.45) is 2.46. The Morgan fingerprint density at radius 1 is 1.00 bits per heavy atom. The summed E-state index contributed by atoms with van der Waals surface area (Å²) in [6, 6.07) is 18.8. The average Bonchev–Trinajstić information content (AvgIpc) is 2.87. The minimum atomic E-state index is -1.12. The molecule has 0 saturated carbocycles. The third-order valence-corrected chi connectivity index (χ3v) is 6.24. The molecular formula is C28H38N4O4. The van der Waals surface area contributed by atoms with Crippen LogP contribution in [0.1, 0.15) is 44.2 Å². The molecular weight excluding hydrogens is 456 g/mol. The van der Waals surface area contributed by atoms with Crippen LogP contribution in [0.4, 0.5) is 0 Å². The fourth-order valence-electron chi connectivity index (χ4n) is 4.05. The predicted octanol–water partition coefficient (Wildman–Crippen LogP) is 2.17. The van der Waals surface area contributed by atoms with Crippen LogP contribution in [0.5, 0.6) is 0 Å². The van der Waals surface area contributed by atoms with Gasteiger partial charge in [-0.05, 0) is 44.2 Å². The van der Waals surface area contributed by atoms with Crippen LogP contribution in [0, 0.1) is 0 Å². The number of nitrogens with zero attached hydrogens (tertiary/aromatic N) is 1. The number of hydrogen-bond acceptors (Lipinski definition) is 5. The standard InChI is InChI=1S/C28H38N4O4/c1-28(2,29)27(35)31-24(20-36-19-22-11-7-4-8-12-22)26(34)32-17-15-23(16-18-32)30-25(33)14-13-21-9-5-3-6-10-21/h3-12,23-24H,13-20,29H2,1-2H3,(H,30,33)(H,31,35)/t24-/m1/s1. The number of likely N-dealkylation sites (tertiary alicyclic amines) is 1. The topological polar surface area (TPSA) is 114 Å². The number of hydrogen-bond donors (Lipinski definition) is 3. The number of piperidine rings is 1. The van der Waals surface area contributed by atoms with Gasteiger partial charge in [-0.15, -0.1) is 0 Å². The Balaban J connectivity index is 1.49. The molecule has 36 heavy (non-hydrogen) atoms. The maximum Gasteiger partial charge on any atom is 0.247 e. The Kier molecular flexibility index (Phi) is 10.0. The van der Waals surface area contributed by atoms with Crippen molar-refractivity contribution in [3.63, 3.8) is 0 Å². The van der Waals surface area contributed by atoms with Crippen molar-refractivity contribution in [2.75, 3.05) is 19.7 Å². The van der Waals surface area contributed by atoms with Crippen LogP contribution < -0.4 is 16.4 Å². The summed E-state index contributed by atoms with van der Waals surface area (Å²) >= 11 is 0. The highest BCUT2D eigenvalue weighted by atomic mass is 16.5. The molecule has 0 spiro atoms. The van der Waals surface area contributed by atoms with Gasteiger partial charge in [-0.25, -0.2) is 0 Å². The van der Waals surface area contributed by atoms with Gasteiger partial charge in [-0.1, -0.05) is 60.7 Å². The molecule has 8 nitrogen and oxygen atoms in total. The molecule has 1 saturated heterocycles. The van der Waals surface area contributed by atoms with E-state index in [9.17, 15) is 14.4 Å². The predicted molar refractivity (Wildman–Crippen MR) is 139 cm³/mol. The van der Waals surface area contributed by atoms with Crippen molar-refractivity contribution < 1.29 is 19.1 Å². The highest BCUT2D eigenvalue weighted by Crippen LogP contribution is 2.14. The first-order valence-electron chi connectivity index (χ1n) is 12.6. The first-order chi connectivity index (χ1) is 17.2. The van der Waals surface area contributed by atoms with Gasteiger partial charge < -0.3 is 26.0 Å². The van der Waals surface area contributed by atoms with Crippen molar-refractivity contribution >= 4 is 17.7 Å². The molecule has 194 valence electrons. The monoisotopic (exact) mass is 494 g/mol. The Hall–Kier alpha value is -3.23. The fourth-order valence-corrected chi connectivity index (χ4v) is 4.05. The van der Waals surface area contributed by atoms with E-state index < -0.39 is 17.5 Å². The summed E-state index contributed by atoms with van der Waals surface area (Å²) < 4.78 is 5.78. The number of aryl methyl sites for hydroxylation is 1. The molecule has 1 aliphatic rings. The fraction of sp³-hybridized carbons (Fsp3) is 0.464. The SMILES string of the molecule is CC(C)(N)C(=O)N[C@H](COCc1ccccc1)C(=O)N1CCC(NC(=O)CCc2ccccc2)CC1. The number of carbonyl (C=O) groups is 3. The first-order valence-corrected chi connectivity index (χ1v) is 12.6. The van der Waals surface area contributed by atoms with Gasteiger partial charge >= 0.3 is 0 Å². The lowest BCUT2D eigenvalue weighted by Gasteiger charge is -2.35. The molecule has 8 heteroatoms. The van der Waals surface area contributed by atoms with Gasteiger partial charge in [0.15, 0.2) is 0 Å². The maximum absolute atomic E-state index is 13.3. The molecule has 3 rings (SSSR count). The molecule has 0 unspecified atom stereocenters. The Morgan fingerprint density at radius 3 is 2.17 bits per heavy atom. The largest absolute Gasteiger partial charge is 0.374 e. The van der Waals surface area contributed by atoms with Crippen molar-refractivity contribution in [2.24, 2.45) is 5.73 Å². The number of amides is 3. The summed E-state index contributed by atoms with van der Waals surface area (Å²) in [4.78, 5) is 39.9. The van der Waals surface area contributed by atoms with E-state index in [-0.39, 0.29) is 24.5 Å². The van der Waals surface area contributed by atoms with Gasteiger partial charge in [-0.2, -0.15) is 0 Å². The van der Waals surface area contributed by atoms with Gasteiger partial charge in [0, 0.05) is 25.6 Å². The zero-order valence-corrected chi connectivity index (χ0v) is 21.2. The molecule has 0 aromatic heterocycles. The third kappa shape index (κ3) is 8.77. The summed E-state index contributed by atoms with van der Waals surface area (Å²) in [5.41, 5.74) is 6.94. The van der Waals surface area contributed by atoms with Crippen LogP contribution in [0.25, 0.3) is 0 Å². The van der Waals surface area contributed by atoms with Crippen LogP contribution in [-0.2, 0) is 32.1 Å². The Labute approximate surface area is 213 Å². The van der Waals surface area contributed by atoms with Crippen molar-refractivity contribution in [2.45, 2.75) is 63.8 Å². The Morgan fingerprint density at radius 2 is 1.58 bits per heavy atom. The quantitative estimate of drug-likeness (QED) is 0.443. The number of ether oxygens (including phenoxy) is 1. The van der Waals surface area contributed by atoms with Crippen LogP contribution in [0.3, 0.4) is 0 Å². The number of nitrogens with two attached hydrogens (primary N) is 1. The molecule has 1 heterocycles. The zero-order chi connectivity index (χ0) is 26.0. The molecule has 0 bridgehead atoms. The van der Waals surface area contributed by atoms with E-state index >= 15 is 0 Å². The van der Waals surface area contributed by atoms with Crippen molar-refractivity contribution in [3.8, 4) is 0 Å². The number of carbonyl (C=O) groups excluding carboxylic acids is 3. The molecule has 4 N–H and O–H groups in total. The van der Waals surface area contributed by atoms with E-state index in [1.54, 1.807) is 18.7 Å². The molecule has 1 aliphatic heterocycles. The van der Waals surface area contributed by atoms with E-state index in [1.165, 1.54) is 0 Å². The van der Waals surface area contributed by atoms with Crippen LogP contribution >= 0.6 is 0 Å². The van der Waals surface area contributed by atoms with E-state index in [0.29, 0.717) is 45.4 Å². The van der Waals surface area contributed by atoms with E-state index in [1.807, 2.05) is 60.7 Å². The minimum Gasteiger partial charge on any atom is -0.374 e. The first kappa shape index (κ1) is 27.4. The summed E-state index contributed by atoms with van der Waals surface area (Å²) in [5.74, 6) is -0.590. The minimum absolute atomic E-state index is 0.0215. The lowest BCUT2D eigenvalue weighted by molar-refractivity contribution is -0.140. The molecule has 0 radical (unpaired) electrons. The summed E-state index contributed by atoms with van der Waals surface area (Å²) in [5, 5.41) is 5.86. The van der Waals surface area contributed by atoms with Gasteiger partial charge in [0.05, 0.1) is 18.8 Å². The van der Waals surface area contributed by atoms with Gasteiger partial charge in [0.1, 0.15) is 6.04 Å². The lowest BCUT2D eigenvalue weighted by atomic mass is 10.0. The third-order valence-electron chi connectivity index (χ3n) is 6.24. The van der Waals surface area contributed by atoms with Crippen LogP contribution in [0.2, 0.25) is 0 Å². The van der Waals surface area contributed by atoms with Crippen molar-refractivity contribution in [3.05, 3.63) is 71.8 Å². The molecule has 1 atom stereocenters. The highest BCUT2D eigenvalue weighted by Gasteiger charge is 2.32. The van der Waals surface area contributed by atoms with Gasteiger partial charge in [0.2, 0.25) is 17.7 Å². The van der Waals surface area contributed by atoms with E-state index in [2.05, 4.69) is 10.6 Å². The van der Waals surface area contributed by atoms with Crippen molar-refractivity contribution in [1.29, 1.82) is 0 Å². The highest BCUT2D eigenvalue weighted by molar-refractivity contribution is 5.91. The second-order valence-corrected chi connectivity index (χ2v) is 9.90. The molecule has 3 amide bonds.